The van der Waals surface area contributed by atoms with Gasteiger partial charge in [0.1, 0.15) is 12.1 Å². The minimum Gasteiger partial charge on any atom is -0.227 e. The first-order valence-electron chi connectivity index (χ1n) is 7.53. The van der Waals surface area contributed by atoms with Crippen LogP contribution in [0.3, 0.4) is 0 Å². The van der Waals surface area contributed by atoms with E-state index in [4.69, 9.17) is 0 Å². The number of hydrogen-bond acceptors (Lipinski definition) is 6. The third kappa shape index (κ3) is 3.11. The number of nitriles is 2. The molecule has 0 unspecified atom stereocenters. The molecule has 26 heavy (non-hydrogen) atoms. The van der Waals surface area contributed by atoms with Gasteiger partial charge in [0.05, 0.1) is 32.2 Å². The van der Waals surface area contributed by atoms with Gasteiger partial charge < -0.3 is 0 Å². The molecule has 0 saturated heterocycles. The minimum atomic E-state index is 0.386. The molecule has 0 spiro atoms. The Morgan fingerprint density at radius 2 is 1.65 bits per heavy atom. The molecular formula is C20H10N4S2. The van der Waals surface area contributed by atoms with Crippen LogP contribution < -0.4 is 0 Å². The predicted molar refractivity (Wildman–Crippen MR) is 106 cm³/mol. The fraction of sp³-hybridized carbons (Fsp3) is 0.100. The van der Waals surface area contributed by atoms with Gasteiger partial charge in [-0.15, -0.1) is 11.3 Å². The molecule has 0 aliphatic carbocycles. The first-order chi connectivity index (χ1) is 12.6. The number of benzene rings is 2. The molecule has 0 fully saturated rings. The van der Waals surface area contributed by atoms with Crippen LogP contribution in [-0.4, -0.2) is 10.1 Å². The topological polar surface area (TPSA) is 72.8 Å². The zero-order valence-corrected chi connectivity index (χ0v) is 15.5. The van der Waals surface area contributed by atoms with Crippen molar-refractivity contribution >= 4 is 44.6 Å². The van der Waals surface area contributed by atoms with Gasteiger partial charge in [-0.3, -0.25) is 0 Å². The van der Waals surface area contributed by atoms with Crippen molar-refractivity contribution in [2.24, 2.45) is 4.99 Å². The van der Waals surface area contributed by atoms with Crippen molar-refractivity contribution < 1.29 is 0 Å². The standard InChI is InChI=1S/C20H10N4S2/c1-12-16(9-21)17(10-22)13(2)20-19(12)24-18(26-20)8-5-14-3-6-15(7-4-14)23-11-25/h3-4,6-7H,1-2H3. The molecule has 0 radical (unpaired) electrons. The van der Waals surface area contributed by atoms with Crippen molar-refractivity contribution in [3.63, 3.8) is 0 Å². The van der Waals surface area contributed by atoms with E-state index in [1.165, 1.54) is 11.3 Å². The summed E-state index contributed by atoms with van der Waals surface area (Å²) in [5.74, 6) is 6.12. The van der Waals surface area contributed by atoms with Crippen LogP contribution in [0.2, 0.25) is 0 Å². The quantitative estimate of drug-likeness (QED) is 0.351. The van der Waals surface area contributed by atoms with Crippen molar-refractivity contribution in [1.82, 2.24) is 4.98 Å². The second-order valence-corrected chi connectivity index (χ2v) is 6.60. The van der Waals surface area contributed by atoms with Crippen LogP contribution in [0.5, 0.6) is 0 Å². The van der Waals surface area contributed by atoms with E-state index in [0.29, 0.717) is 16.1 Å². The number of hydrogen-bond donors (Lipinski definition) is 0. The Labute approximate surface area is 160 Å². The van der Waals surface area contributed by atoms with Crippen LogP contribution in [0, 0.1) is 48.4 Å². The van der Waals surface area contributed by atoms with Gasteiger partial charge >= 0.3 is 0 Å². The number of aryl methyl sites for hydroxylation is 2. The summed E-state index contributed by atoms with van der Waals surface area (Å²) in [4.78, 5) is 8.46. The first kappa shape index (κ1) is 17.5. The van der Waals surface area contributed by atoms with Crippen molar-refractivity contribution in [3.8, 4) is 24.0 Å². The Morgan fingerprint density at radius 1 is 1.00 bits per heavy atom. The number of aliphatic imine (C=N–C) groups is 1. The maximum atomic E-state index is 9.37. The number of thiazole rings is 1. The largest absolute Gasteiger partial charge is 0.227 e. The van der Waals surface area contributed by atoms with Crippen LogP contribution in [0.25, 0.3) is 10.2 Å². The fourth-order valence-corrected chi connectivity index (χ4v) is 3.65. The molecule has 6 heteroatoms. The van der Waals surface area contributed by atoms with Crippen LogP contribution in [0.1, 0.15) is 32.8 Å². The van der Waals surface area contributed by atoms with E-state index < -0.39 is 0 Å². The lowest BCUT2D eigenvalue weighted by atomic mass is 9.98. The monoisotopic (exact) mass is 370 g/mol. The molecule has 2 aromatic carbocycles. The van der Waals surface area contributed by atoms with E-state index in [1.54, 1.807) is 0 Å². The van der Waals surface area contributed by atoms with Gasteiger partial charge in [-0.2, -0.15) is 15.5 Å². The zero-order valence-electron chi connectivity index (χ0n) is 13.9. The van der Waals surface area contributed by atoms with E-state index in [9.17, 15) is 10.5 Å². The number of thiocarbonyl (C=S) groups is 1. The number of isothiocyanates is 1. The highest BCUT2D eigenvalue weighted by Gasteiger charge is 2.17. The highest BCUT2D eigenvalue weighted by molar-refractivity contribution is 7.78. The Morgan fingerprint density at radius 3 is 2.27 bits per heavy atom. The summed E-state index contributed by atoms with van der Waals surface area (Å²) in [6.07, 6.45) is 0. The fourth-order valence-electron chi connectivity index (χ4n) is 2.57. The number of nitrogens with zero attached hydrogens (tertiary/aromatic N) is 4. The lowest BCUT2D eigenvalue weighted by Gasteiger charge is -2.04. The molecule has 0 atom stereocenters. The summed E-state index contributed by atoms with van der Waals surface area (Å²) in [6, 6.07) is 11.6. The zero-order chi connectivity index (χ0) is 18.7. The van der Waals surface area contributed by atoms with E-state index >= 15 is 0 Å². The van der Waals surface area contributed by atoms with Gasteiger partial charge in [0.25, 0.3) is 0 Å². The summed E-state index contributed by atoms with van der Waals surface area (Å²) < 4.78 is 0.896. The lowest BCUT2D eigenvalue weighted by Crippen LogP contribution is -1.94. The average molecular weight is 370 g/mol. The molecule has 0 aliphatic heterocycles. The Hall–Kier alpha value is -3.33. The molecule has 3 rings (SSSR count). The molecule has 122 valence electrons. The summed E-state index contributed by atoms with van der Waals surface area (Å²) in [5.41, 5.74) is 4.58. The Kier molecular flexibility index (Phi) is 4.90. The van der Waals surface area contributed by atoms with Crippen molar-refractivity contribution in [3.05, 3.63) is 57.1 Å². The van der Waals surface area contributed by atoms with Crippen LogP contribution >= 0.6 is 23.6 Å². The number of rotatable bonds is 1. The van der Waals surface area contributed by atoms with Crippen LogP contribution in [0.15, 0.2) is 29.3 Å². The smallest absolute Gasteiger partial charge is 0.168 e. The van der Waals surface area contributed by atoms with Gasteiger partial charge in [-0.25, -0.2) is 4.98 Å². The summed E-state index contributed by atoms with van der Waals surface area (Å²) in [6.45, 7) is 3.65. The van der Waals surface area contributed by atoms with Gasteiger partial charge in [0, 0.05) is 5.56 Å². The van der Waals surface area contributed by atoms with Gasteiger partial charge in [0.2, 0.25) is 0 Å². The molecule has 0 amide bonds. The van der Waals surface area contributed by atoms with Gasteiger partial charge in [0.15, 0.2) is 5.01 Å². The summed E-state index contributed by atoms with van der Waals surface area (Å²) in [5, 5.41) is 21.7. The van der Waals surface area contributed by atoms with Crippen molar-refractivity contribution in [1.29, 1.82) is 10.5 Å². The van der Waals surface area contributed by atoms with Gasteiger partial charge in [-0.1, -0.05) is 5.92 Å². The molecule has 0 bridgehead atoms. The molecule has 0 N–H and O–H groups in total. The Balaban J connectivity index is 2.08. The van der Waals surface area contributed by atoms with Crippen LogP contribution in [-0.2, 0) is 0 Å². The third-order valence-electron chi connectivity index (χ3n) is 3.90. The lowest BCUT2D eigenvalue weighted by molar-refractivity contribution is 1.32. The Bertz CT molecular complexity index is 1160. The van der Waals surface area contributed by atoms with E-state index in [1.807, 2.05) is 38.1 Å². The molecule has 0 saturated carbocycles. The van der Waals surface area contributed by atoms with Crippen molar-refractivity contribution in [2.75, 3.05) is 0 Å². The highest BCUT2D eigenvalue weighted by atomic mass is 32.1. The van der Waals surface area contributed by atoms with Crippen LogP contribution in [0.4, 0.5) is 5.69 Å². The van der Waals surface area contributed by atoms with E-state index in [0.717, 1.165) is 32.6 Å². The van der Waals surface area contributed by atoms with Crippen molar-refractivity contribution in [2.45, 2.75) is 13.8 Å². The van der Waals surface area contributed by atoms with E-state index in [-0.39, 0.29) is 0 Å². The second kappa shape index (κ2) is 7.28. The number of fused-ring (bicyclic) bond motifs is 1. The number of aromatic nitrogens is 1. The molecule has 0 aliphatic rings. The molecule has 1 aromatic heterocycles. The molecular weight excluding hydrogens is 360 g/mol. The van der Waals surface area contributed by atoms with E-state index in [2.05, 4.69) is 51.3 Å². The summed E-state index contributed by atoms with van der Waals surface area (Å²) >= 11 is 6.01. The molecule has 1 heterocycles. The normalized spacial score (nSPS) is 9.54. The first-order valence-corrected chi connectivity index (χ1v) is 8.75. The maximum Gasteiger partial charge on any atom is 0.168 e. The second-order valence-electron chi connectivity index (χ2n) is 5.42. The molecule has 3 aromatic rings. The summed E-state index contributed by atoms with van der Waals surface area (Å²) in [7, 11) is 0. The average Bonchev–Trinajstić information content (AvgIpc) is 3.09. The van der Waals surface area contributed by atoms with Gasteiger partial charge in [-0.05, 0) is 67.4 Å². The predicted octanol–water partition coefficient (Wildman–Crippen LogP) is 4.79. The SMILES string of the molecule is Cc1c(C#N)c(C#N)c(C)c2sc(C#Cc3ccc(N=C=S)cc3)nc12. The third-order valence-corrected chi connectivity index (χ3v) is 5.08. The highest BCUT2D eigenvalue weighted by Crippen LogP contribution is 2.32. The minimum absolute atomic E-state index is 0.386. The molecule has 4 nitrogen and oxygen atoms in total. The maximum absolute atomic E-state index is 9.37.